The number of hydrogen-bond donors (Lipinski definition) is 2. The van der Waals surface area contributed by atoms with Crippen molar-refractivity contribution in [3.63, 3.8) is 0 Å². The topological polar surface area (TPSA) is 76.1 Å². The number of carbonyl (C=O) groups excluding carboxylic acids is 1. The molecule has 0 atom stereocenters. The molecule has 134 valence electrons. The van der Waals surface area contributed by atoms with Crippen LogP contribution < -0.4 is 15.4 Å². The summed E-state index contributed by atoms with van der Waals surface area (Å²) in [6, 6.07) is 6.95. The van der Waals surface area contributed by atoms with Crippen LogP contribution in [0.15, 0.2) is 24.3 Å². The van der Waals surface area contributed by atoms with Crippen LogP contribution in [0.4, 0.5) is 11.6 Å². The summed E-state index contributed by atoms with van der Waals surface area (Å²) in [4.78, 5) is 20.8. The van der Waals surface area contributed by atoms with Gasteiger partial charge in [0, 0.05) is 17.9 Å². The van der Waals surface area contributed by atoms with Crippen molar-refractivity contribution in [2.24, 2.45) is 0 Å². The lowest BCUT2D eigenvalue weighted by Crippen LogP contribution is -2.25. The van der Waals surface area contributed by atoms with Crippen LogP contribution in [-0.4, -0.2) is 29.5 Å². The third-order valence-corrected chi connectivity index (χ3v) is 3.86. The van der Waals surface area contributed by atoms with Gasteiger partial charge in [0.1, 0.15) is 11.4 Å². The van der Waals surface area contributed by atoms with E-state index < -0.39 is 0 Å². The van der Waals surface area contributed by atoms with Crippen LogP contribution in [-0.2, 0) is 0 Å². The van der Waals surface area contributed by atoms with Gasteiger partial charge in [0.05, 0.1) is 12.1 Å². The normalized spacial score (nSPS) is 10.4. The number of methoxy groups -OCH3 is 1. The molecule has 2 N–H and O–H groups in total. The quantitative estimate of drug-likeness (QED) is 0.691. The molecule has 7 heteroatoms. The lowest BCUT2D eigenvalue weighted by Gasteiger charge is -2.10. The first-order valence-corrected chi connectivity index (χ1v) is 8.65. The van der Waals surface area contributed by atoms with Crippen LogP contribution >= 0.6 is 11.6 Å². The zero-order valence-corrected chi connectivity index (χ0v) is 15.5. The summed E-state index contributed by atoms with van der Waals surface area (Å²) >= 11 is 6.12. The van der Waals surface area contributed by atoms with E-state index in [-0.39, 0.29) is 5.91 Å². The molecule has 1 aromatic heterocycles. The molecule has 2 rings (SSSR count). The van der Waals surface area contributed by atoms with Gasteiger partial charge in [-0.2, -0.15) is 0 Å². The Morgan fingerprint density at radius 1 is 1.24 bits per heavy atom. The van der Waals surface area contributed by atoms with Gasteiger partial charge in [-0.25, -0.2) is 9.97 Å². The molecule has 6 nitrogen and oxygen atoms in total. The first-order chi connectivity index (χ1) is 12.0. The Balaban J connectivity index is 2.10. The fraction of sp³-hybridized carbons (Fsp3) is 0.389. The highest BCUT2D eigenvalue weighted by atomic mass is 35.5. The number of unbranched alkanes of at least 4 members (excludes halogenated alkanes) is 2. The minimum absolute atomic E-state index is 0.197. The molecule has 0 radical (unpaired) electrons. The lowest BCUT2D eigenvalue weighted by molar-refractivity contribution is 0.0948. The average molecular weight is 363 g/mol. The summed E-state index contributed by atoms with van der Waals surface area (Å²) in [6.45, 7) is 4.59. The largest absolute Gasteiger partial charge is 0.495 e. The van der Waals surface area contributed by atoms with Gasteiger partial charge in [0.25, 0.3) is 5.91 Å². The maximum absolute atomic E-state index is 12.2. The molecular weight excluding hydrogens is 340 g/mol. The highest BCUT2D eigenvalue weighted by molar-refractivity contribution is 6.32. The number of halogens is 1. The van der Waals surface area contributed by atoms with E-state index in [9.17, 15) is 4.79 Å². The summed E-state index contributed by atoms with van der Waals surface area (Å²) in [5.41, 5.74) is 1.76. The molecule has 0 unspecified atom stereocenters. The number of amides is 1. The Bertz CT molecular complexity index is 737. The highest BCUT2D eigenvalue weighted by Gasteiger charge is 2.11. The fourth-order valence-corrected chi connectivity index (χ4v) is 2.54. The van der Waals surface area contributed by atoms with E-state index in [1.54, 1.807) is 31.4 Å². The van der Waals surface area contributed by atoms with Gasteiger partial charge in [-0.1, -0.05) is 31.4 Å². The zero-order valence-electron chi connectivity index (χ0n) is 14.7. The first kappa shape index (κ1) is 19.0. The monoisotopic (exact) mass is 362 g/mol. The molecule has 1 aromatic carbocycles. The van der Waals surface area contributed by atoms with Crippen LogP contribution in [0.25, 0.3) is 0 Å². The minimum Gasteiger partial charge on any atom is -0.495 e. The number of benzene rings is 1. The number of hydrogen-bond acceptors (Lipinski definition) is 5. The molecule has 0 saturated carbocycles. The predicted molar refractivity (Wildman–Crippen MR) is 99.9 cm³/mol. The van der Waals surface area contributed by atoms with E-state index in [1.807, 2.05) is 6.92 Å². The van der Waals surface area contributed by atoms with E-state index in [0.29, 0.717) is 40.3 Å². The Labute approximate surface area is 153 Å². The summed E-state index contributed by atoms with van der Waals surface area (Å²) in [6.07, 6.45) is 3.16. The van der Waals surface area contributed by atoms with Gasteiger partial charge in [-0.3, -0.25) is 4.79 Å². The Morgan fingerprint density at radius 2 is 2.04 bits per heavy atom. The SMILES string of the molecule is CCCCCNC(=O)c1cc(C)nc(Nc2ccc(OC)c(Cl)c2)n1. The molecule has 0 aliphatic heterocycles. The van der Waals surface area contributed by atoms with Crippen LogP contribution in [0.5, 0.6) is 5.75 Å². The summed E-state index contributed by atoms with van der Waals surface area (Å²) in [7, 11) is 1.56. The summed E-state index contributed by atoms with van der Waals surface area (Å²) in [5, 5.41) is 6.43. The van der Waals surface area contributed by atoms with E-state index >= 15 is 0 Å². The Morgan fingerprint density at radius 3 is 2.72 bits per heavy atom. The second kappa shape index (κ2) is 9.22. The fourth-order valence-electron chi connectivity index (χ4n) is 2.28. The molecule has 2 aromatic rings. The molecule has 1 heterocycles. The number of ether oxygens (including phenoxy) is 1. The zero-order chi connectivity index (χ0) is 18.2. The van der Waals surface area contributed by atoms with E-state index in [0.717, 1.165) is 19.3 Å². The van der Waals surface area contributed by atoms with Crippen molar-refractivity contribution < 1.29 is 9.53 Å². The average Bonchev–Trinajstić information content (AvgIpc) is 2.58. The van der Waals surface area contributed by atoms with Crippen molar-refractivity contribution in [2.75, 3.05) is 19.0 Å². The minimum atomic E-state index is -0.197. The molecule has 0 fully saturated rings. The molecule has 0 bridgehead atoms. The number of carbonyl (C=O) groups is 1. The van der Waals surface area contributed by atoms with Gasteiger partial charge < -0.3 is 15.4 Å². The molecular formula is C18H23ClN4O2. The van der Waals surface area contributed by atoms with Crippen molar-refractivity contribution in [1.29, 1.82) is 0 Å². The van der Waals surface area contributed by atoms with E-state index in [4.69, 9.17) is 16.3 Å². The van der Waals surface area contributed by atoms with Crippen molar-refractivity contribution in [1.82, 2.24) is 15.3 Å². The standard InChI is InChI=1S/C18H23ClN4O2/c1-4-5-6-9-20-17(24)15-10-12(2)21-18(23-15)22-13-7-8-16(25-3)14(19)11-13/h7-8,10-11H,4-6,9H2,1-3H3,(H,20,24)(H,21,22,23). The van der Waals surface area contributed by atoms with E-state index in [2.05, 4.69) is 27.5 Å². The maximum atomic E-state index is 12.2. The third-order valence-electron chi connectivity index (χ3n) is 3.56. The summed E-state index contributed by atoms with van der Waals surface area (Å²) in [5.74, 6) is 0.738. The number of aryl methyl sites for hydroxylation is 1. The van der Waals surface area contributed by atoms with Crippen molar-refractivity contribution in [3.8, 4) is 5.75 Å². The van der Waals surface area contributed by atoms with Gasteiger partial charge in [-0.15, -0.1) is 0 Å². The van der Waals surface area contributed by atoms with Crippen LogP contribution in [0.1, 0.15) is 42.4 Å². The maximum Gasteiger partial charge on any atom is 0.270 e. The lowest BCUT2D eigenvalue weighted by atomic mass is 10.2. The molecule has 0 saturated heterocycles. The number of nitrogens with one attached hydrogen (secondary N) is 2. The summed E-state index contributed by atoms with van der Waals surface area (Å²) < 4.78 is 5.13. The molecule has 25 heavy (non-hydrogen) atoms. The molecule has 0 aliphatic rings. The van der Waals surface area contributed by atoms with Crippen molar-refractivity contribution >= 4 is 29.1 Å². The predicted octanol–water partition coefficient (Wildman–Crippen LogP) is 4.11. The van der Waals surface area contributed by atoms with Crippen molar-refractivity contribution in [3.05, 3.63) is 40.7 Å². The van der Waals surface area contributed by atoms with Gasteiger partial charge in [0.2, 0.25) is 5.95 Å². The highest BCUT2D eigenvalue weighted by Crippen LogP contribution is 2.28. The van der Waals surface area contributed by atoms with Crippen LogP contribution in [0.2, 0.25) is 5.02 Å². The number of nitrogens with zero attached hydrogens (tertiary/aromatic N) is 2. The number of aromatic nitrogens is 2. The van der Waals surface area contributed by atoms with Gasteiger partial charge in [-0.05, 0) is 37.6 Å². The Kier molecular flexibility index (Phi) is 7.01. The first-order valence-electron chi connectivity index (χ1n) is 8.28. The second-order valence-corrected chi connectivity index (χ2v) is 6.06. The molecule has 1 amide bonds. The molecule has 0 spiro atoms. The second-order valence-electron chi connectivity index (χ2n) is 5.66. The van der Waals surface area contributed by atoms with Crippen LogP contribution in [0, 0.1) is 6.92 Å². The number of anilines is 2. The molecule has 0 aliphatic carbocycles. The van der Waals surface area contributed by atoms with Gasteiger partial charge >= 0.3 is 0 Å². The Hall–Kier alpha value is -2.34. The third kappa shape index (κ3) is 5.60. The van der Waals surface area contributed by atoms with E-state index in [1.165, 1.54) is 0 Å². The smallest absolute Gasteiger partial charge is 0.270 e. The van der Waals surface area contributed by atoms with Crippen molar-refractivity contribution in [2.45, 2.75) is 33.1 Å². The number of rotatable bonds is 8. The van der Waals surface area contributed by atoms with Crippen LogP contribution in [0.3, 0.4) is 0 Å². The van der Waals surface area contributed by atoms with Gasteiger partial charge in [0.15, 0.2) is 0 Å².